The van der Waals surface area contributed by atoms with Crippen LogP contribution in [0.25, 0.3) is 78.4 Å². The van der Waals surface area contributed by atoms with Crippen LogP contribution in [0.2, 0.25) is 0 Å². The van der Waals surface area contributed by atoms with Gasteiger partial charge in [0.1, 0.15) is 11.2 Å². The van der Waals surface area contributed by atoms with Gasteiger partial charge in [-0.2, -0.15) is 0 Å². The fraction of sp³-hybridized carbons (Fsp3) is 0.0556. The number of fused-ring (bicyclic) bond motifs is 6. The van der Waals surface area contributed by atoms with Gasteiger partial charge in [-0.25, -0.2) is 15.0 Å². The predicted molar refractivity (Wildman–Crippen MR) is 241 cm³/mol. The van der Waals surface area contributed by atoms with Crippen molar-refractivity contribution in [2.75, 3.05) is 4.90 Å². The summed E-state index contributed by atoms with van der Waals surface area (Å²) in [5.74, 6) is 1.85. The summed E-state index contributed by atoms with van der Waals surface area (Å²) >= 11 is 0. The molecule has 0 radical (unpaired) electrons. The van der Waals surface area contributed by atoms with Gasteiger partial charge in [-0.1, -0.05) is 159 Å². The number of furan rings is 1. The third-order valence-corrected chi connectivity index (χ3v) is 11.7. The van der Waals surface area contributed by atoms with Gasteiger partial charge in [-0.3, -0.25) is 0 Å². The molecule has 1 aliphatic rings. The van der Waals surface area contributed by atoms with Crippen molar-refractivity contribution in [1.29, 1.82) is 0 Å². The van der Waals surface area contributed by atoms with Crippen molar-refractivity contribution >= 4 is 39.0 Å². The van der Waals surface area contributed by atoms with Crippen molar-refractivity contribution in [3.05, 3.63) is 205 Å². The third-order valence-electron chi connectivity index (χ3n) is 11.7. The molecule has 1 aliphatic carbocycles. The highest BCUT2D eigenvalue weighted by Crippen LogP contribution is 2.50. The Morgan fingerprint density at radius 2 is 0.932 bits per heavy atom. The maximum absolute atomic E-state index is 6.75. The van der Waals surface area contributed by atoms with E-state index >= 15 is 0 Å². The summed E-state index contributed by atoms with van der Waals surface area (Å²) in [6.07, 6.45) is 0. The fourth-order valence-electron chi connectivity index (χ4n) is 8.75. The molecule has 280 valence electrons. The Morgan fingerprint density at radius 1 is 0.390 bits per heavy atom. The van der Waals surface area contributed by atoms with Crippen LogP contribution in [0.4, 0.5) is 17.1 Å². The number of rotatable bonds is 7. The summed E-state index contributed by atoms with van der Waals surface area (Å²) in [6, 6.07) is 67.9. The second kappa shape index (κ2) is 13.8. The third kappa shape index (κ3) is 5.90. The molecule has 2 aromatic heterocycles. The Labute approximate surface area is 342 Å². The van der Waals surface area contributed by atoms with Gasteiger partial charge >= 0.3 is 0 Å². The minimum atomic E-state index is -0.0955. The summed E-state index contributed by atoms with van der Waals surface area (Å²) in [4.78, 5) is 17.1. The van der Waals surface area contributed by atoms with E-state index in [2.05, 4.69) is 152 Å². The Hall–Kier alpha value is -7.63. The average molecular weight is 759 g/mol. The molecule has 0 spiro atoms. The van der Waals surface area contributed by atoms with Gasteiger partial charge in [-0.05, 0) is 76.3 Å². The first-order chi connectivity index (χ1) is 29.0. The van der Waals surface area contributed by atoms with Crippen LogP contribution < -0.4 is 4.90 Å². The molecule has 10 aromatic rings. The van der Waals surface area contributed by atoms with Crippen LogP contribution >= 0.6 is 0 Å². The second-order valence-electron chi connectivity index (χ2n) is 15.7. The number of benzene rings is 8. The monoisotopic (exact) mass is 758 g/mol. The van der Waals surface area contributed by atoms with E-state index in [9.17, 15) is 0 Å². The van der Waals surface area contributed by atoms with Crippen molar-refractivity contribution in [1.82, 2.24) is 15.0 Å². The summed E-state index contributed by atoms with van der Waals surface area (Å²) in [6.45, 7) is 4.66. The van der Waals surface area contributed by atoms with E-state index < -0.39 is 0 Å². The van der Waals surface area contributed by atoms with E-state index in [1.165, 1.54) is 22.3 Å². The SMILES string of the molecule is CC1(C)c2ccccc2-c2ccc(N(c3ccccc3)c3ccc(-c4cccc5c4oc4cc(-c6nc(-c7ccccc7)nc(-c7ccccc7)n6)ccc45)cc3)cc21. The van der Waals surface area contributed by atoms with E-state index in [4.69, 9.17) is 19.4 Å². The average Bonchev–Trinajstić information content (AvgIpc) is 3.79. The maximum atomic E-state index is 6.75. The van der Waals surface area contributed by atoms with Gasteiger partial charge < -0.3 is 9.32 Å². The summed E-state index contributed by atoms with van der Waals surface area (Å²) in [5.41, 5.74) is 15.0. The van der Waals surface area contributed by atoms with Crippen LogP contribution in [-0.2, 0) is 5.41 Å². The smallest absolute Gasteiger partial charge is 0.164 e. The van der Waals surface area contributed by atoms with Gasteiger partial charge in [0.05, 0.1) is 0 Å². The molecule has 0 saturated heterocycles. The zero-order valence-corrected chi connectivity index (χ0v) is 32.7. The van der Waals surface area contributed by atoms with Gasteiger partial charge in [-0.15, -0.1) is 0 Å². The lowest BCUT2D eigenvalue weighted by atomic mass is 9.82. The van der Waals surface area contributed by atoms with Crippen LogP contribution in [0.3, 0.4) is 0 Å². The van der Waals surface area contributed by atoms with Gasteiger partial charge in [0.15, 0.2) is 17.5 Å². The van der Waals surface area contributed by atoms with E-state index in [0.717, 1.165) is 66.8 Å². The van der Waals surface area contributed by atoms with E-state index in [0.29, 0.717) is 17.5 Å². The molecule has 0 bridgehead atoms. The number of anilines is 3. The van der Waals surface area contributed by atoms with E-state index in [1.807, 2.05) is 60.7 Å². The highest BCUT2D eigenvalue weighted by atomic mass is 16.3. The summed E-state index contributed by atoms with van der Waals surface area (Å²) in [7, 11) is 0. The highest BCUT2D eigenvalue weighted by molar-refractivity contribution is 6.10. The van der Waals surface area contributed by atoms with Crippen LogP contribution in [-0.4, -0.2) is 15.0 Å². The molecule has 0 fully saturated rings. The normalized spacial score (nSPS) is 12.7. The first-order valence-corrected chi connectivity index (χ1v) is 20.0. The first kappa shape index (κ1) is 34.6. The van der Waals surface area contributed by atoms with Crippen molar-refractivity contribution in [2.24, 2.45) is 0 Å². The molecular formula is C54H38N4O. The lowest BCUT2D eigenvalue weighted by Gasteiger charge is -2.28. The Morgan fingerprint density at radius 3 is 1.63 bits per heavy atom. The van der Waals surface area contributed by atoms with Crippen LogP contribution in [0, 0.1) is 0 Å². The molecule has 8 aromatic carbocycles. The standard InChI is InChI=1S/C54H38N4O/c1-54(2)47-24-13-12-21-43(47)44-32-30-41(34-48(44)54)58(39-19-10-5-11-20-39)40-28-25-35(26-29-40)42-22-14-23-46-45-31-27-38(33-49(45)59-50(42)46)53-56-51(36-15-6-3-7-16-36)55-52(57-53)37-17-8-4-9-18-37/h3-34H,1-2H3. The zero-order valence-electron chi connectivity index (χ0n) is 32.7. The van der Waals surface area contributed by atoms with Gasteiger partial charge in [0.25, 0.3) is 0 Å². The molecule has 0 amide bonds. The largest absolute Gasteiger partial charge is 0.455 e. The molecule has 0 unspecified atom stereocenters. The van der Waals surface area contributed by atoms with Crippen molar-refractivity contribution in [3.8, 4) is 56.4 Å². The lowest BCUT2D eigenvalue weighted by Crippen LogP contribution is -2.16. The molecular weight excluding hydrogens is 721 g/mol. The van der Waals surface area contributed by atoms with Crippen LogP contribution in [0.1, 0.15) is 25.0 Å². The number of hydrogen-bond donors (Lipinski definition) is 0. The number of hydrogen-bond acceptors (Lipinski definition) is 5. The molecule has 5 nitrogen and oxygen atoms in total. The maximum Gasteiger partial charge on any atom is 0.164 e. The molecule has 0 atom stereocenters. The summed E-state index contributed by atoms with van der Waals surface area (Å²) < 4.78 is 6.75. The predicted octanol–water partition coefficient (Wildman–Crippen LogP) is 14.2. The summed E-state index contributed by atoms with van der Waals surface area (Å²) in [5, 5.41) is 2.10. The zero-order chi connectivity index (χ0) is 39.5. The van der Waals surface area contributed by atoms with Gasteiger partial charge in [0.2, 0.25) is 0 Å². The molecule has 0 N–H and O–H groups in total. The number of nitrogens with zero attached hydrogens (tertiary/aromatic N) is 4. The first-order valence-electron chi connectivity index (χ1n) is 20.0. The van der Waals surface area contributed by atoms with Crippen molar-refractivity contribution < 1.29 is 4.42 Å². The molecule has 59 heavy (non-hydrogen) atoms. The Kier molecular flexibility index (Phi) is 8.09. The molecule has 0 aliphatic heterocycles. The van der Waals surface area contributed by atoms with E-state index in [1.54, 1.807) is 0 Å². The van der Waals surface area contributed by atoms with Crippen molar-refractivity contribution in [3.63, 3.8) is 0 Å². The minimum absolute atomic E-state index is 0.0955. The number of para-hydroxylation sites is 2. The highest BCUT2D eigenvalue weighted by Gasteiger charge is 2.35. The Balaban J connectivity index is 0.972. The van der Waals surface area contributed by atoms with Crippen molar-refractivity contribution in [2.45, 2.75) is 19.3 Å². The second-order valence-corrected chi connectivity index (χ2v) is 15.7. The number of aromatic nitrogens is 3. The topological polar surface area (TPSA) is 55.1 Å². The Bertz CT molecular complexity index is 3120. The van der Waals surface area contributed by atoms with Crippen LogP contribution in [0.15, 0.2) is 199 Å². The van der Waals surface area contributed by atoms with E-state index in [-0.39, 0.29) is 5.41 Å². The minimum Gasteiger partial charge on any atom is -0.455 e. The van der Waals surface area contributed by atoms with Gasteiger partial charge in [0, 0.05) is 55.5 Å². The fourth-order valence-corrected chi connectivity index (χ4v) is 8.75. The molecule has 11 rings (SSSR count). The lowest BCUT2D eigenvalue weighted by molar-refractivity contribution is 0.660. The molecule has 5 heteroatoms. The molecule has 0 saturated carbocycles. The quantitative estimate of drug-likeness (QED) is 0.162. The molecule has 2 heterocycles. The van der Waals surface area contributed by atoms with Crippen LogP contribution in [0.5, 0.6) is 0 Å².